The van der Waals surface area contributed by atoms with Crippen molar-refractivity contribution in [3.8, 4) is 0 Å². The highest BCUT2D eigenvalue weighted by molar-refractivity contribution is 7.99. The zero-order valence-electron chi connectivity index (χ0n) is 9.95. The van der Waals surface area contributed by atoms with Crippen LogP contribution in [0.1, 0.15) is 10.4 Å². The van der Waals surface area contributed by atoms with E-state index < -0.39 is 10.9 Å². The van der Waals surface area contributed by atoms with Crippen molar-refractivity contribution in [3.63, 3.8) is 0 Å². The molecule has 0 amide bonds. The predicted molar refractivity (Wildman–Crippen MR) is 75.6 cm³/mol. The first-order chi connectivity index (χ1) is 9.47. The molecule has 2 aromatic rings. The molecule has 5 nitrogen and oxygen atoms in total. The zero-order chi connectivity index (χ0) is 14.7. The van der Waals surface area contributed by atoms with Crippen molar-refractivity contribution in [2.75, 3.05) is 0 Å². The van der Waals surface area contributed by atoms with Crippen molar-refractivity contribution in [1.29, 1.82) is 0 Å². The molecule has 0 bridgehead atoms. The maximum Gasteiger partial charge on any atom is 0.337 e. The topological polar surface area (TPSA) is 80.4 Å². The molecule has 102 valence electrons. The van der Waals surface area contributed by atoms with E-state index in [1.165, 1.54) is 36.0 Å². The lowest BCUT2D eigenvalue weighted by atomic mass is 10.2. The average Bonchev–Trinajstić information content (AvgIpc) is 2.41. The van der Waals surface area contributed by atoms with Gasteiger partial charge in [-0.3, -0.25) is 10.1 Å². The minimum absolute atomic E-state index is 0.0108. The van der Waals surface area contributed by atoms with Crippen LogP contribution >= 0.6 is 23.4 Å². The summed E-state index contributed by atoms with van der Waals surface area (Å²) in [6.07, 6.45) is 0. The molecule has 7 heteroatoms. The molecule has 1 N–H and O–H groups in total. The van der Waals surface area contributed by atoms with E-state index in [4.69, 9.17) is 16.7 Å². The second kappa shape index (κ2) is 5.94. The Morgan fingerprint density at radius 2 is 1.75 bits per heavy atom. The van der Waals surface area contributed by atoms with Gasteiger partial charge in [0.15, 0.2) is 0 Å². The second-order valence-electron chi connectivity index (χ2n) is 3.80. The number of non-ortho nitro benzene ring substituents is 1. The Bertz CT molecular complexity index is 673. The lowest BCUT2D eigenvalue weighted by molar-refractivity contribution is -0.384. The number of nitro groups is 1. The molecular formula is C13H8ClNO4S. The van der Waals surface area contributed by atoms with Crippen LogP contribution in [0.5, 0.6) is 0 Å². The van der Waals surface area contributed by atoms with Gasteiger partial charge in [0, 0.05) is 21.9 Å². The SMILES string of the molecule is O=C(O)c1cc(Sc2ccc([N+](=O)[O-])cc2)ccc1Cl. The van der Waals surface area contributed by atoms with Gasteiger partial charge in [-0.05, 0) is 30.3 Å². The predicted octanol–water partition coefficient (Wildman–Crippen LogP) is 4.10. The van der Waals surface area contributed by atoms with Crippen molar-refractivity contribution in [2.45, 2.75) is 9.79 Å². The third-order valence-corrected chi connectivity index (χ3v) is 3.78. The quantitative estimate of drug-likeness (QED) is 0.679. The molecule has 0 aliphatic carbocycles. The van der Waals surface area contributed by atoms with E-state index in [9.17, 15) is 14.9 Å². The normalized spacial score (nSPS) is 10.2. The Morgan fingerprint density at radius 1 is 1.15 bits per heavy atom. The molecule has 2 aromatic carbocycles. The first kappa shape index (κ1) is 14.4. The molecule has 0 radical (unpaired) electrons. The smallest absolute Gasteiger partial charge is 0.337 e. The Kier molecular flexibility index (Phi) is 4.26. The summed E-state index contributed by atoms with van der Waals surface area (Å²) in [4.78, 5) is 22.5. The molecule has 2 rings (SSSR count). The number of hydrogen-bond donors (Lipinski definition) is 1. The zero-order valence-corrected chi connectivity index (χ0v) is 11.5. The van der Waals surface area contributed by atoms with Crippen LogP contribution < -0.4 is 0 Å². The maximum absolute atomic E-state index is 11.0. The van der Waals surface area contributed by atoms with Crippen molar-refractivity contribution in [2.24, 2.45) is 0 Å². The lowest BCUT2D eigenvalue weighted by Gasteiger charge is -2.04. The van der Waals surface area contributed by atoms with Crippen molar-refractivity contribution < 1.29 is 14.8 Å². The number of carboxylic acids is 1. The van der Waals surface area contributed by atoms with E-state index in [0.717, 1.165) is 4.90 Å². The van der Waals surface area contributed by atoms with E-state index in [1.54, 1.807) is 18.2 Å². The molecular weight excluding hydrogens is 302 g/mol. The number of carboxylic acid groups (broad SMARTS) is 1. The highest BCUT2D eigenvalue weighted by atomic mass is 35.5. The van der Waals surface area contributed by atoms with E-state index in [1.807, 2.05) is 0 Å². The fourth-order valence-corrected chi connectivity index (χ4v) is 2.56. The van der Waals surface area contributed by atoms with E-state index in [0.29, 0.717) is 4.90 Å². The van der Waals surface area contributed by atoms with Crippen LogP contribution in [0.25, 0.3) is 0 Å². The molecule has 0 saturated heterocycles. The van der Waals surface area contributed by atoms with Crippen LogP contribution in [-0.4, -0.2) is 16.0 Å². The molecule has 0 fully saturated rings. The first-order valence-electron chi connectivity index (χ1n) is 5.42. The van der Waals surface area contributed by atoms with Crippen molar-refractivity contribution in [1.82, 2.24) is 0 Å². The first-order valence-corrected chi connectivity index (χ1v) is 6.62. The lowest BCUT2D eigenvalue weighted by Crippen LogP contribution is -1.97. The average molecular weight is 310 g/mol. The van der Waals surface area contributed by atoms with Crippen LogP contribution in [0, 0.1) is 10.1 Å². The summed E-state index contributed by atoms with van der Waals surface area (Å²) < 4.78 is 0. The summed E-state index contributed by atoms with van der Waals surface area (Å²) in [5.41, 5.74) is 0.0373. The molecule has 0 heterocycles. The van der Waals surface area contributed by atoms with Crippen molar-refractivity contribution in [3.05, 3.63) is 63.2 Å². The van der Waals surface area contributed by atoms with Gasteiger partial charge in [0.25, 0.3) is 5.69 Å². The van der Waals surface area contributed by atoms with Gasteiger partial charge in [0.2, 0.25) is 0 Å². The van der Waals surface area contributed by atoms with Gasteiger partial charge in [-0.25, -0.2) is 4.79 Å². The molecule has 20 heavy (non-hydrogen) atoms. The van der Waals surface area contributed by atoms with E-state index >= 15 is 0 Å². The highest BCUT2D eigenvalue weighted by Crippen LogP contribution is 2.31. The number of hydrogen-bond acceptors (Lipinski definition) is 4. The van der Waals surface area contributed by atoms with Crippen LogP contribution in [-0.2, 0) is 0 Å². The maximum atomic E-state index is 11.0. The molecule has 0 aliphatic heterocycles. The van der Waals surface area contributed by atoms with Gasteiger partial charge in [0.05, 0.1) is 15.5 Å². The summed E-state index contributed by atoms with van der Waals surface area (Å²) in [5, 5.41) is 19.7. The second-order valence-corrected chi connectivity index (χ2v) is 5.35. The fourth-order valence-electron chi connectivity index (χ4n) is 1.50. The van der Waals surface area contributed by atoms with Gasteiger partial charge in [-0.1, -0.05) is 23.4 Å². The summed E-state index contributed by atoms with van der Waals surface area (Å²) in [7, 11) is 0. The largest absolute Gasteiger partial charge is 0.478 e. The van der Waals surface area contributed by atoms with E-state index in [2.05, 4.69) is 0 Å². The third-order valence-electron chi connectivity index (χ3n) is 2.45. The molecule has 0 saturated carbocycles. The van der Waals surface area contributed by atoms with E-state index in [-0.39, 0.29) is 16.3 Å². The number of benzene rings is 2. The number of carbonyl (C=O) groups is 1. The Labute approximate surface area is 123 Å². The number of aromatic carboxylic acids is 1. The summed E-state index contributed by atoms with van der Waals surface area (Å²) >= 11 is 7.09. The summed E-state index contributed by atoms with van der Waals surface area (Å²) in [6.45, 7) is 0. The standard InChI is InChI=1S/C13H8ClNO4S/c14-12-6-5-10(7-11(12)13(16)17)20-9-3-1-8(2-4-9)15(18)19/h1-7H,(H,16,17). The van der Waals surface area contributed by atoms with Crippen LogP contribution in [0.4, 0.5) is 5.69 Å². The Balaban J connectivity index is 2.23. The highest BCUT2D eigenvalue weighted by Gasteiger charge is 2.10. The molecule has 0 spiro atoms. The Hall–Kier alpha value is -2.05. The summed E-state index contributed by atoms with van der Waals surface area (Å²) in [6, 6.07) is 10.7. The number of nitro benzene ring substituents is 1. The minimum Gasteiger partial charge on any atom is -0.478 e. The van der Waals surface area contributed by atoms with Crippen LogP contribution in [0.2, 0.25) is 5.02 Å². The van der Waals surface area contributed by atoms with Crippen LogP contribution in [0.3, 0.4) is 0 Å². The monoisotopic (exact) mass is 309 g/mol. The summed E-state index contributed by atoms with van der Waals surface area (Å²) in [5.74, 6) is -1.10. The fraction of sp³-hybridized carbons (Fsp3) is 0. The molecule has 0 unspecified atom stereocenters. The molecule has 0 atom stereocenters. The number of nitrogens with zero attached hydrogens (tertiary/aromatic N) is 1. The van der Waals surface area contributed by atoms with Gasteiger partial charge in [-0.15, -0.1) is 0 Å². The number of halogens is 1. The van der Waals surface area contributed by atoms with Crippen molar-refractivity contribution >= 4 is 35.0 Å². The van der Waals surface area contributed by atoms with Crippen LogP contribution in [0.15, 0.2) is 52.3 Å². The third kappa shape index (κ3) is 3.28. The Morgan fingerprint density at radius 3 is 2.30 bits per heavy atom. The minimum atomic E-state index is -1.10. The van der Waals surface area contributed by atoms with Gasteiger partial charge in [-0.2, -0.15) is 0 Å². The number of rotatable bonds is 4. The van der Waals surface area contributed by atoms with Gasteiger partial charge < -0.3 is 5.11 Å². The molecule has 0 aromatic heterocycles. The van der Waals surface area contributed by atoms with Gasteiger partial charge >= 0.3 is 5.97 Å². The molecule has 0 aliphatic rings. The van der Waals surface area contributed by atoms with Gasteiger partial charge in [0.1, 0.15) is 0 Å².